The number of rotatable bonds is 15. The number of aliphatic hydroxyl groups is 3. The van der Waals surface area contributed by atoms with Gasteiger partial charge in [0.05, 0.1) is 25.4 Å². The van der Waals surface area contributed by atoms with E-state index in [9.17, 15) is 14.7 Å². The van der Waals surface area contributed by atoms with E-state index in [0.717, 1.165) is 11.5 Å². The SMILES string of the molecule is C=C(C=O)CO.C=C(CO)C(=O)OCC(C)(CO)c1ccc(C2CCC(CCCCCCC)CC2)cc1. The second-order valence-electron chi connectivity index (χ2n) is 10.5. The first kappa shape index (κ1) is 32.7. The minimum atomic E-state index is -0.681. The van der Waals surface area contributed by atoms with Crippen molar-refractivity contribution >= 4 is 12.3 Å². The second kappa shape index (κ2) is 18.1. The van der Waals surface area contributed by atoms with E-state index in [1.54, 1.807) is 0 Å². The first-order valence-electron chi connectivity index (χ1n) is 13.6. The zero-order valence-corrected chi connectivity index (χ0v) is 22.9. The van der Waals surface area contributed by atoms with Crippen molar-refractivity contribution in [3.8, 4) is 0 Å². The molecule has 0 amide bonds. The predicted molar refractivity (Wildman–Crippen MR) is 148 cm³/mol. The molecule has 1 aromatic rings. The highest BCUT2D eigenvalue weighted by molar-refractivity contribution is 5.87. The maximum Gasteiger partial charge on any atom is 0.335 e. The van der Waals surface area contributed by atoms with Gasteiger partial charge in [-0.3, -0.25) is 4.79 Å². The number of aldehydes is 1. The number of esters is 1. The summed E-state index contributed by atoms with van der Waals surface area (Å²) in [6, 6.07) is 8.46. The topological polar surface area (TPSA) is 104 Å². The number of hydrogen-bond donors (Lipinski definition) is 3. The van der Waals surface area contributed by atoms with Crippen LogP contribution in [0.25, 0.3) is 0 Å². The summed E-state index contributed by atoms with van der Waals surface area (Å²) in [7, 11) is 0. The van der Waals surface area contributed by atoms with Crippen LogP contribution in [0.15, 0.2) is 48.6 Å². The van der Waals surface area contributed by atoms with Crippen molar-refractivity contribution in [3.63, 3.8) is 0 Å². The van der Waals surface area contributed by atoms with Gasteiger partial charge in [0.2, 0.25) is 0 Å². The van der Waals surface area contributed by atoms with E-state index < -0.39 is 18.0 Å². The summed E-state index contributed by atoms with van der Waals surface area (Å²) in [6.45, 7) is 10.1. The number of aliphatic hydroxyl groups excluding tert-OH is 3. The molecule has 2 rings (SSSR count). The Balaban J connectivity index is 0.00000102. The molecule has 3 N–H and O–H groups in total. The highest BCUT2D eigenvalue weighted by Crippen LogP contribution is 2.38. The molecule has 1 saturated carbocycles. The zero-order chi connectivity index (χ0) is 27.7. The molecule has 1 unspecified atom stereocenters. The molecule has 0 bridgehead atoms. The Morgan fingerprint density at radius 1 is 1.00 bits per heavy atom. The summed E-state index contributed by atoms with van der Waals surface area (Å²) in [5, 5.41) is 27.0. The van der Waals surface area contributed by atoms with Crippen molar-refractivity contribution in [3.05, 3.63) is 59.7 Å². The third kappa shape index (κ3) is 11.8. The van der Waals surface area contributed by atoms with E-state index in [0.29, 0.717) is 12.2 Å². The average molecular weight is 517 g/mol. The molecule has 0 radical (unpaired) electrons. The van der Waals surface area contributed by atoms with Crippen molar-refractivity contribution in [2.24, 2.45) is 5.92 Å². The molecule has 0 heterocycles. The molecule has 0 aromatic heterocycles. The minimum Gasteiger partial charge on any atom is -0.461 e. The Hall–Kier alpha value is -2.28. The highest BCUT2D eigenvalue weighted by Gasteiger charge is 2.29. The molecule has 0 aliphatic heterocycles. The molecule has 1 aliphatic rings. The van der Waals surface area contributed by atoms with Crippen molar-refractivity contribution in [1.82, 2.24) is 0 Å². The quantitative estimate of drug-likeness (QED) is 0.125. The van der Waals surface area contributed by atoms with Crippen LogP contribution in [0.4, 0.5) is 0 Å². The third-order valence-electron chi connectivity index (χ3n) is 7.36. The normalized spacial score (nSPS) is 18.6. The Morgan fingerprint density at radius 2 is 1.62 bits per heavy atom. The van der Waals surface area contributed by atoms with Gasteiger partial charge >= 0.3 is 5.97 Å². The van der Waals surface area contributed by atoms with Gasteiger partial charge in [-0.05, 0) is 48.6 Å². The van der Waals surface area contributed by atoms with Crippen LogP contribution in [0, 0.1) is 5.92 Å². The van der Waals surface area contributed by atoms with Crippen LogP contribution in [0.5, 0.6) is 0 Å². The van der Waals surface area contributed by atoms with E-state index in [2.05, 4.69) is 44.3 Å². The molecule has 1 aliphatic carbocycles. The van der Waals surface area contributed by atoms with Gasteiger partial charge in [0, 0.05) is 11.0 Å². The van der Waals surface area contributed by atoms with Crippen LogP contribution in [0.3, 0.4) is 0 Å². The number of carbonyl (C=O) groups is 2. The predicted octanol–water partition coefficient (Wildman–Crippen LogP) is 5.40. The van der Waals surface area contributed by atoms with Gasteiger partial charge < -0.3 is 20.1 Å². The Labute approximate surface area is 223 Å². The van der Waals surface area contributed by atoms with Gasteiger partial charge in [0.15, 0.2) is 0 Å². The number of unbranched alkanes of at least 4 members (excludes halogenated alkanes) is 4. The van der Waals surface area contributed by atoms with Crippen molar-refractivity contribution in [2.45, 2.75) is 89.4 Å². The number of hydrogen-bond acceptors (Lipinski definition) is 6. The molecule has 6 nitrogen and oxygen atoms in total. The third-order valence-corrected chi connectivity index (χ3v) is 7.36. The molecule has 1 atom stereocenters. The lowest BCUT2D eigenvalue weighted by molar-refractivity contribution is -0.141. The van der Waals surface area contributed by atoms with Crippen LogP contribution in [0.1, 0.15) is 95.1 Å². The van der Waals surface area contributed by atoms with Crippen LogP contribution < -0.4 is 0 Å². The maximum absolute atomic E-state index is 11.8. The molecule has 1 aromatic carbocycles. The first-order valence-corrected chi connectivity index (χ1v) is 13.6. The molecular formula is C31H48O6. The van der Waals surface area contributed by atoms with Crippen molar-refractivity contribution < 1.29 is 29.6 Å². The standard InChI is InChI=1S/C27H42O4.C4H6O2/c1-4-5-6-7-8-9-22-10-12-23(13-11-22)24-14-16-25(17-15-24)27(3,19-29)20-31-26(30)21(2)18-28;1-4(2-5)3-6/h14-17,22-23,28-29H,2,4-13,18-20H2,1,3H3;2,6H,1,3H2. The van der Waals surface area contributed by atoms with E-state index >= 15 is 0 Å². The van der Waals surface area contributed by atoms with Gasteiger partial charge in [0.25, 0.3) is 0 Å². The summed E-state index contributed by atoms with van der Waals surface area (Å²) < 4.78 is 5.26. The molecule has 208 valence electrons. The van der Waals surface area contributed by atoms with E-state index in [-0.39, 0.29) is 31.0 Å². The fourth-order valence-electron chi connectivity index (χ4n) is 4.63. The molecule has 6 heteroatoms. The number of ether oxygens (including phenoxy) is 1. The molecular weight excluding hydrogens is 468 g/mol. The number of carbonyl (C=O) groups excluding carboxylic acids is 2. The lowest BCUT2D eigenvalue weighted by Crippen LogP contribution is -2.34. The Kier molecular flexibility index (Phi) is 16.0. The Morgan fingerprint density at radius 3 is 2.11 bits per heavy atom. The summed E-state index contributed by atoms with van der Waals surface area (Å²) in [5.74, 6) is 0.899. The molecule has 37 heavy (non-hydrogen) atoms. The summed E-state index contributed by atoms with van der Waals surface area (Å²) in [6.07, 6.45) is 14.0. The molecule has 0 spiro atoms. The monoisotopic (exact) mass is 516 g/mol. The van der Waals surface area contributed by atoms with Gasteiger partial charge in [-0.15, -0.1) is 0 Å². The highest BCUT2D eigenvalue weighted by atomic mass is 16.5. The van der Waals surface area contributed by atoms with Crippen LogP contribution in [-0.4, -0.2) is 54.0 Å². The van der Waals surface area contributed by atoms with Crippen molar-refractivity contribution in [1.29, 1.82) is 0 Å². The largest absolute Gasteiger partial charge is 0.461 e. The summed E-state index contributed by atoms with van der Waals surface area (Å²) >= 11 is 0. The maximum atomic E-state index is 11.8. The number of benzene rings is 1. The zero-order valence-electron chi connectivity index (χ0n) is 22.9. The fraction of sp³-hybridized carbons (Fsp3) is 0.613. The lowest BCUT2D eigenvalue weighted by atomic mass is 9.76. The average Bonchev–Trinajstić information content (AvgIpc) is 2.95. The lowest BCUT2D eigenvalue weighted by Gasteiger charge is -2.30. The van der Waals surface area contributed by atoms with Gasteiger partial charge in [-0.1, -0.05) is 89.8 Å². The summed E-state index contributed by atoms with van der Waals surface area (Å²) in [5.41, 5.74) is 1.87. The van der Waals surface area contributed by atoms with Gasteiger partial charge in [-0.25, -0.2) is 4.79 Å². The summed E-state index contributed by atoms with van der Waals surface area (Å²) in [4.78, 5) is 21.3. The van der Waals surface area contributed by atoms with Crippen molar-refractivity contribution in [2.75, 3.05) is 26.4 Å². The van der Waals surface area contributed by atoms with E-state index in [1.165, 1.54) is 69.8 Å². The smallest absolute Gasteiger partial charge is 0.335 e. The fourth-order valence-corrected chi connectivity index (χ4v) is 4.63. The second-order valence-corrected chi connectivity index (χ2v) is 10.5. The minimum absolute atomic E-state index is 0.0206. The van der Waals surface area contributed by atoms with Gasteiger partial charge in [-0.2, -0.15) is 0 Å². The van der Waals surface area contributed by atoms with E-state index in [4.69, 9.17) is 14.9 Å². The van der Waals surface area contributed by atoms with Crippen LogP contribution >= 0.6 is 0 Å². The van der Waals surface area contributed by atoms with Crippen LogP contribution in [-0.2, 0) is 19.7 Å². The molecule has 1 fully saturated rings. The van der Waals surface area contributed by atoms with Crippen LogP contribution in [0.2, 0.25) is 0 Å². The van der Waals surface area contributed by atoms with Gasteiger partial charge in [0.1, 0.15) is 12.9 Å². The Bertz CT molecular complexity index is 823. The first-order chi connectivity index (χ1) is 17.7. The molecule has 0 saturated heterocycles. The van der Waals surface area contributed by atoms with E-state index in [1.807, 2.05) is 6.92 Å².